The third-order valence-corrected chi connectivity index (χ3v) is 6.64. The third kappa shape index (κ3) is 5.14. The molecule has 2 heterocycles. The maximum absolute atomic E-state index is 5.63. The number of thioether (sulfide) groups is 1. The Kier molecular flexibility index (Phi) is 7.05. The van der Waals surface area contributed by atoms with Crippen LogP contribution in [0.1, 0.15) is 38.2 Å². The quantitative estimate of drug-likeness (QED) is 0.603. The van der Waals surface area contributed by atoms with Crippen molar-refractivity contribution in [3.8, 4) is 0 Å². The summed E-state index contributed by atoms with van der Waals surface area (Å²) < 4.78 is 5.63. The summed E-state index contributed by atoms with van der Waals surface area (Å²) in [5, 5.41) is 7.70. The van der Waals surface area contributed by atoms with Crippen molar-refractivity contribution in [2.24, 2.45) is 4.99 Å². The van der Waals surface area contributed by atoms with Crippen molar-refractivity contribution in [3.63, 3.8) is 0 Å². The smallest absolute Gasteiger partial charge is 0.191 e. The molecule has 138 valence electrons. The van der Waals surface area contributed by atoms with E-state index < -0.39 is 0 Å². The van der Waals surface area contributed by atoms with Gasteiger partial charge in [-0.1, -0.05) is 30.3 Å². The fourth-order valence-corrected chi connectivity index (χ4v) is 4.88. The van der Waals surface area contributed by atoms with Crippen LogP contribution in [-0.4, -0.2) is 49.8 Å². The van der Waals surface area contributed by atoms with E-state index in [-0.39, 0.29) is 5.41 Å². The van der Waals surface area contributed by atoms with E-state index in [0.29, 0.717) is 0 Å². The molecular formula is C20H31N3OS. The molecule has 0 bridgehead atoms. The van der Waals surface area contributed by atoms with Crippen molar-refractivity contribution in [1.29, 1.82) is 0 Å². The summed E-state index contributed by atoms with van der Waals surface area (Å²) in [5.74, 6) is 2.26. The minimum Gasteiger partial charge on any atom is -0.381 e. The molecule has 5 heteroatoms. The average molecular weight is 362 g/mol. The van der Waals surface area contributed by atoms with E-state index in [4.69, 9.17) is 9.73 Å². The molecule has 1 aromatic carbocycles. The van der Waals surface area contributed by atoms with Crippen LogP contribution >= 0.6 is 11.8 Å². The summed E-state index contributed by atoms with van der Waals surface area (Å²) in [6, 6.07) is 10.9. The number of rotatable bonds is 6. The van der Waals surface area contributed by atoms with Crippen molar-refractivity contribution >= 4 is 17.7 Å². The van der Waals surface area contributed by atoms with Crippen molar-refractivity contribution in [2.45, 2.75) is 43.3 Å². The van der Waals surface area contributed by atoms with Crippen LogP contribution in [0.25, 0.3) is 0 Å². The molecule has 2 fully saturated rings. The van der Waals surface area contributed by atoms with Crippen LogP contribution in [0.3, 0.4) is 0 Å². The molecular weight excluding hydrogens is 330 g/mol. The van der Waals surface area contributed by atoms with Gasteiger partial charge in [0.1, 0.15) is 0 Å². The largest absolute Gasteiger partial charge is 0.381 e. The van der Waals surface area contributed by atoms with Crippen LogP contribution in [0.4, 0.5) is 0 Å². The highest BCUT2D eigenvalue weighted by atomic mass is 32.2. The number of hydrogen-bond acceptors (Lipinski definition) is 3. The van der Waals surface area contributed by atoms with Gasteiger partial charge in [-0.05, 0) is 43.9 Å². The molecule has 2 aliphatic rings. The topological polar surface area (TPSA) is 45.7 Å². The summed E-state index contributed by atoms with van der Waals surface area (Å²) in [6.45, 7) is 6.50. The minimum absolute atomic E-state index is 0.101. The number of guanidine groups is 1. The predicted octanol–water partition coefficient (Wildman–Crippen LogP) is 3.19. The van der Waals surface area contributed by atoms with E-state index in [0.717, 1.165) is 56.9 Å². The van der Waals surface area contributed by atoms with Crippen LogP contribution < -0.4 is 10.6 Å². The normalized spacial score (nSPS) is 23.4. The highest BCUT2D eigenvalue weighted by Gasteiger charge is 2.34. The van der Waals surface area contributed by atoms with Crippen LogP contribution in [-0.2, 0) is 10.2 Å². The van der Waals surface area contributed by atoms with Gasteiger partial charge in [0.25, 0.3) is 0 Å². The number of hydrogen-bond donors (Lipinski definition) is 2. The third-order valence-electron chi connectivity index (χ3n) is 5.24. The van der Waals surface area contributed by atoms with E-state index >= 15 is 0 Å². The second kappa shape index (κ2) is 9.48. The molecule has 0 spiro atoms. The van der Waals surface area contributed by atoms with E-state index in [1.807, 2.05) is 0 Å². The molecule has 1 aromatic rings. The van der Waals surface area contributed by atoms with Gasteiger partial charge in [0.05, 0.1) is 6.54 Å². The Bertz CT molecular complexity index is 537. The fourth-order valence-electron chi connectivity index (χ4n) is 3.68. The maximum atomic E-state index is 5.63. The number of nitrogens with zero attached hydrogens (tertiary/aromatic N) is 1. The second-order valence-corrected chi connectivity index (χ2v) is 8.38. The van der Waals surface area contributed by atoms with E-state index in [1.54, 1.807) is 0 Å². The molecule has 0 aliphatic carbocycles. The molecule has 4 nitrogen and oxygen atoms in total. The lowest BCUT2D eigenvalue weighted by Crippen LogP contribution is -2.42. The Balaban J connectivity index is 1.68. The van der Waals surface area contributed by atoms with Crippen molar-refractivity contribution in [2.75, 3.05) is 38.6 Å². The Morgan fingerprint density at radius 1 is 1.24 bits per heavy atom. The Hall–Kier alpha value is -1.20. The Labute approximate surface area is 156 Å². The molecule has 3 rings (SSSR count). The van der Waals surface area contributed by atoms with Gasteiger partial charge in [0.2, 0.25) is 0 Å². The Morgan fingerprint density at radius 3 is 2.72 bits per heavy atom. The standard InChI is InChI=1S/C20H31N3OS/c1-2-21-19(22-15-18-9-6-14-25-18)23-16-20(10-12-24-13-11-20)17-7-4-3-5-8-17/h3-5,7-8,18H,2,6,9-16H2,1H3,(H2,21,22,23). The highest BCUT2D eigenvalue weighted by Crippen LogP contribution is 2.35. The van der Waals surface area contributed by atoms with E-state index in [2.05, 4.69) is 59.7 Å². The molecule has 1 atom stereocenters. The molecule has 2 aliphatic heterocycles. The highest BCUT2D eigenvalue weighted by molar-refractivity contribution is 8.00. The molecule has 1 unspecified atom stereocenters. The maximum Gasteiger partial charge on any atom is 0.191 e. The molecule has 25 heavy (non-hydrogen) atoms. The predicted molar refractivity (Wildman–Crippen MR) is 108 cm³/mol. The van der Waals surface area contributed by atoms with Gasteiger partial charge in [-0.2, -0.15) is 11.8 Å². The fraction of sp³-hybridized carbons (Fsp3) is 0.650. The van der Waals surface area contributed by atoms with Crippen LogP contribution in [0.5, 0.6) is 0 Å². The molecule has 2 N–H and O–H groups in total. The summed E-state index contributed by atoms with van der Waals surface area (Å²) in [6.07, 6.45) is 4.75. The minimum atomic E-state index is 0.101. The first-order chi connectivity index (χ1) is 12.3. The zero-order valence-electron chi connectivity index (χ0n) is 15.3. The van der Waals surface area contributed by atoms with E-state index in [1.165, 1.54) is 24.2 Å². The molecule has 0 amide bonds. The van der Waals surface area contributed by atoms with Crippen LogP contribution in [0.2, 0.25) is 0 Å². The van der Waals surface area contributed by atoms with Gasteiger partial charge in [-0.25, -0.2) is 0 Å². The van der Waals surface area contributed by atoms with Crippen molar-refractivity contribution < 1.29 is 4.74 Å². The van der Waals surface area contributed by atoms with Gasteiger partial charge < -0.3 is 15.4 Å². The lowest BCUT2D eigenvalue weighted by atomic mass is 9.74. The van der Waals surface area contributed by atoms with Gasteiger partial charge in [0.15, 0.2) is 5.96 Å². The van der Waals surface area contributed by atoms with Crippen LogP contribution in [0, 0.1) is 0 Å². The number of ether oxygens (including phenoxy) is 1. The number of aliphatic imine (C=N–C) groups is 1. The lowest BCUT2D eigenvalue weighted by Gasteiger charge is -2.36. The van der Waals surface area contributed by atoms with Gasteiger partial charge in [-0.15, -0.1) is 0 Å². The monoisotopic (exact) mass is 361 g/mol. The number of benzene rings is 1. The molecule has 0 saturated carbocycles. The average Bonchev–Trinajstić information content (AvgIpc) is 3.19. The van der Waals surface area contributed by atoms with Gasteiger partial charge >= 0.3 is 0 Å². The summed E-state index contributed by atoms with van der Waals surface area (Å²) in [4.78, 5) is 4.98. The Morgan fingerprint density at radius 2 is 2.04 bits per heavy atom. The first kappa shape index (κ1) is 18.6. The summed E-state index contributed by atoms with van der Waals surface area (Å²) >= 11 is 2.08. The molecule has 0 aromatic heterocycles. The van der Waals surface area contributed by atoms with Crippen molar-refractivity contribution in [3.05, 3.63) is 35.9 Å². The summed E-state index contributed by atoms with van der Waals surface area (Å²) in [5.41, 5.74) is 1.49. The first-order valence-electron chi connectivity index (χ1n) is 9.59. The molecule has 2 saturated heterocycles. The second-order valence-electron chi connectivity index (χ2n) is 6.97. The van der Waals surface area contributed by atoms with Crippen molar-refractivity contribution in [1.82, 2.24) is 10.6 Å². The zero-order chi connectivity index (χ0) is 17.4. The first-order valence-corrected chi connectivity index (χ1v) is 10.6. The van der Waals surface area contributed by atoms with E-state index in [9.17, 15) is 0 Å². The zero-order valence-corrected chi connectivity index (χ0v) is 16.1. The molecule has 0 radical (unpaired) electrons. The SMILES string of the molecule is CCNC(=NCC1(c2ccccc2)CCOCC1)NCC1CCCS1. The van der Waals surface area contributed by atoms with Gasteiger partial charge in [0, 0.05) is 37.0 Å². The lowest BCUT2D eigenvalue weighted by molar-refractivity contribution is 0.0531. The van der Waals surface area contributed by atoms with Crippen LogP contribution in [0.15, 0.2) is 35.3 Å². The number of nitrogens with one attached hydrogen (secondary N) is 2. The summed E-state index contributed by atoms with van der Waals surface area (Å²) in [7, 11) is 0. The van der Waals surface area contributed by atoms with Gasteiger partial charge in [-0.3, -0.25) is 4.99 Å².